The molecule has 1 aliphatic rings. The third kappa shape index (κ3) is 4.66. The maximum absolute atomic E-state index is 9.82. The molecule has 6 heteroatoms. The highest BCUT2D eigenvalue weighted by atomic mass is 127. The van der Waals surface area contributed by atoms with Crippen LogP contribution in [-0.2, 0) is 6.54 Å². The number of aliphatic hydroxyl groups is 1. The zero-order valence-corrected chi connectivity index (χ0v) is 14.5. The minimum Gasteiger partial charge on any atom is -0.393 e. The van der Waals surface area contributed by atoms with Gasteiger partial charge in [0.25, 0.3) is 0 Å². The number of hydrogen-bond donors (Lipinski definition) is 3. The van der Waals surface area contributed by atoms with Crippen molar-refractivity contribution in [3.05, 3.63) is 24.0 Å². The number of nitrogens with one attached hydrogen (secondary N) is 2. The van der Waals surface area contributed by atoms with Crippen LogP contribution >= 0.6 is 24.0 Å². The molecule has 0 saturated heterocycles. The molecule has 2 atom stereocenters. The molecule has 20 heavy (non-hydrogen) atoms. The Hall–Kier alpha value is -0.760. The van der Waals surface area contributed by atoms with E-state index in [2.05, 4.69) is 26.3 Å². The molecule has 114 valence electrons. The first-order chi connectivity index (χ1) is 9.20. The average Bonchev–Trinajstić information content (AvgIpc) is 3.02. The van der Waals surface area contributed by atoms with E-state index < -0.39 is 0 Å². The number of nitrogens with zero attached hydrogens (tertiary/aromatic N) is 2. The molecule has 1 heterocycles. The number of aliphatic hydroxyl groups excluding tert-OH is 1. The summed E-state index contributed by atoms with van der Waals surface area (Å²) in [6.07, 6.45) is 4.94. The molecule has 0 bridgehead atoms. The number of aromatic amines is 1. The van der Waals surface area contributed by atoms with E-state index in [0.29, 0.717) is 5.92 Å². The largest absolute Gasteiger partial charge is 0.393 e. The molecule has 5 nitrogen and oxygen atoms in total. The number of aliphatic imine (C=N–C) groups is 1. The van der Waals surface area contributed by atoms with Gasteiger partial charge < -0.3 is 20.3 Å². The second-order valence-corrected chi connectivity index (χ2v) is 5.24. The number of rotatable bonds is 4. The maximum Gasteiger partial charge on any atom is 0.193 e. The van der Waals surface area contributed by atoms with Crippen molar-refractivity contribution in [2.24, 2.45) is 10.9 Å². The van der Waals surface area contributed by atoms with Gasteiger partial charge in [0.1, 0.15) is 0 Å². The van der Waals surface area contributed by atoms with E-state index in [1.54, 1.807) is 7.05 Å². The number of aromatic nitrogens is 1. The van der Waals surface area contributed by atoms with E-state index in [1.165, 1.54) is 0 Å². The van der Waals surface area contributed by atoms with Crippen molar-refractivity contribution in [1.82, 2.24) is 15.2 Å². The van der Waals surface area contributed by atoms with Crippen LogP contribution in [-0.4, -0.2) is 47.7 Å². The summed E-state index contributed by atoms with van der Waals surface area (Å²) in [5, 5.41) is 13.2. The lowest BCUT2D eigenvalue weighted by molar-refractivity contribution is 0.134. The van der Waals surface area contributed by atoms with Crippen molar-refractivity contribution in [3.63, 3.8) is 0 Å². The number of guanidine groups is 1. The van der Waals surface area contributed by atoms with Gasteiger partial charge in [-0.2, -0.15) is 0 Å². The quantitative estimate of drug-likeness (QED) is 0.416. The highest BCUT2D eigenvalue weighted by molar-refractivity contribution is 14.0. The predicted octanol–water partition coefficient (Wildman–Crippen LogP) is 1.80. The Morgan fingerprint density at radius 1 is 1.55 bits per heavy atom. The predicted molar refractivity (Wildman–Crippen MR) is 92.4 cm³/mol. The van der Waals surface area contributed by atoms with Crippen LogP contribution in [0.2, 0.25) is 0 Å². The fourth-order valence-electron chi connectivity index (χ4n) is 2.66. The Morgan fingerprint density at radius 3 is 2.90 bits per heavy atom. The van der Waals surface area contributed by atoms with Crippen LogP contribution in [0, 0.1) is 5.92 Å². The van der Waals surface area contributed by atoms with Crippen LogP contribution in [0.15, 0.2) is 23.3 Å². The van der Waals surface area contributed by atoms with Gasteiger partial charge in [-0.1, -0.05) is 6.42 Å². The van der Waals surface area contributed by atoms with Crippen LogP contribution in [0.3, 0.4) is 0 Å². The Balaban J connectivity index is 0.00000200. The van der Waals surface area contributed by atoms with Crippen LogP contribution in [0.5, 0.6) is 0 Å². The lowest BCUT2D eigenvalue weighted by Crippen LogP contribution is -2.41. The molecule has 1 aromatic rings. The minimum atomic E-state index is -0.153. The first kappa shape index (κ1) is 17.3. The van der Waals surface area contributed by atoms with Crippen molar-refractivity contribution in [1.29, 1.82) is 0 Å². The number of H-pyrrole nitrogens is 1. The molecule has 0 radical (unpaired) electrons. The number of hydrogen-bond acceptors (Lipinski definition) is 2. The van der Waals surface area contributed by atoms with E-state index in [4.69, 9.17) is 0 Å². The topological polar surface area (TPSA) is 63.7 Å². The SMILES string of the molecule is CN=C(NCC1CCCC1O)N(C)Cc1ccc[nH]1.I. The van der Waals surface area contributed by atoms with Crippen LogP contribution in [0.4, 0.5) is 0 Å². The fraction of sp³-hybridized carbons (Fsp3) is 0.643. The average molecular weight is 392 g/mol. The normalized spacial score (nSPS) is 22.4. The van der Waals surface area contributed by atoms with E-state index in [1.807, 2.05) is 19.3 Å². The van der Waals surface area contributed by atoms with Gasteiger partial charge in [-0.15, -0.1) is 24.0 Å². The van der Waals surface area contributed by atoms with E-state index in [0.717, 1.165) is 44.0 Å². The third-order valence-corrected chi connectivity index (χ3v) is 3.78. The summed E-state index contributed by atoms with van der Waals surface area (Å²) in [7, 11) is 3.81. The lowest BCUT2D eigenvalue weighted by Gasteiger charge is -2.24. The Kier molecular flexibility index (Phi) is 7.36. The van der Waals surface area contributed by atoms with Crippen molar-refractivity contribution < 1.29 is 5.11 Å². The molecule has 1 aromatic heterocycles. The monoisotopic (exact) mass is 392 g/mol. The van der Waals surface area contributed by atoms with E-state index in [9.17, 15) is 5.11 Å². The van der Waals surface area contributed by atoms with Gasteiger partial charge in [0.2, 0.25) is 0 Å². The van der Waals surface area contributed by atoms with Crippen molar-refractivity contribution in [2.75, 3.05) is 20.6 Å². The van der Waals surface area contributed by atoms with Gasteiger partial charge in [-0.25, -0.2) is 0 Å². The zero-order valence-electron chi connectivity index (χ0n) is 12.2. The molecule has 1 aliphatic carbocycles. The fourth-order valence-corrected chi connectivity index (χ4v) is 2.66. The molecule has 0 aromatic carbocycles. The van der Waals surface area contributed by atoms with Gasteiger partial charge in [-0.05, 0) is 25.0 Å². The van der Waals surface area contributed by atoms with Crippen LogP contribution < -0.4 is 5.32 Å². The Morgan fingerprint density at radius 2 is 2.35 bits per heavy atom. The lowest BCUT2D eigenvalue weighted by atomic mass is 10.1. The van der Waals surface area contributed by atoms with Gasteiger partial charge in [0, 0.05) is 38.4 Å². The summed E-state index contributed by atoms with van der Waals surface area (Å²) < 4.78 is 0. The number of halogens is 1. The second kappa shape index (κ2) is 8.51. The van der Waals surface area contributed by atoms with Crippen LogP contribution in [0.25, 0.3) is 0 Å². The van der Waals surface area contributed by atoms with Gasteiger partial charge in [-0.3, -0.25) is 4.99 Å². The summed E-state index contributed by atoms with van der Waals surface area (Å²) in [6.45, 7) is 1.59. The molecule has 1 fully saturated rings. The van der Waals surface area contributed by atoms with E-state index in [-0.39, 0.29) is 30.1 Å². The standard InChI is InChI=1S/C14H24N4O.HI/c1-15-14(17-9-11-5-3-7-13(11)19)18(2)10-12-6-4-8-16-12;/h4,6,8,11,13,16,19H,3,5,7,9-10H2,1-2H3,(H,15,17);1H. The second-order valence-electron chi connectivity index (χ2n) is 5.24. The first-order valence-electron chi connectivity index (χ1n) is 6.93. The first-order valence-corrected chi connectivity index (χ1v) is 6.93. The molecule has 0 aliphatic heterocycles. The van der Waals surface area contributed by atoms with Crippen LogP contribution in [0.1, 0.15) is 25.0 Å². The van der Waals surface area contributed by atoms with Gasteiger partial charge in [0.15, 0.2) is 5.96 Å². The molecule has 0 spiro atoms. The van der Waals surface area contributed by atoms with E-state index >= 15 is 0 Å². The highest BCUT2D eigenvalue weighted by Crippen LogP contribution is 2.24. The summed E-state index contributed by atoms with van der Waals surface area (Å²) in [6, 6.07) is 4.05. The molecule has 2 rings (SSSR count). The Labute approximate surface area is 137 Å². The zero-order chi connectivity index (χ0) is 13.7. The summed E-state index contributed by atoms with van der Waals surface area (Å²) in [5.41, 5.74) is 1.16. The summed E-state index contributed by atoms with van der Waals surface area (Å²) in [5.74, 6) is 1.23. The molecule has 3 N–H and O–H groups in total. The minimum absolute atomic E-state index is 0. The Bertz CT molecular complexity index is 407. The molecule has 0 amide bonds. The smallest absolute Gasteiger partial charge is 0.193 e. The summed E-state index contributed by atoms with van der Waals surface area (Å²) >= 11 is 0. The molecular formula is C14H25IN4O. The van der Waals surface area contributed by atoms with Crippen molar-refractivity contribution in [3.8, 4) is 0 Å². The summed E-state index contributed by atoms with van der Waals surface area (Å²) in [4.78, 5) is 9.55. The molecule has 2 unspecified atom stereocenters. The molecule has 1 saturated carbocycles. The van der Waals surface area contributed by atoms with Gasteiger partial charge >= 0.3 is 0 Å². The highest BCUT2D eigenvalue weighted by Gasteiger charge is 2.25. The molecular weight excluding hydrogens is 367 g/mol. The van der Waals surface area contributed by atoms with Crippen molar-refractivity contribution in [2.45, 2.75) is 31.9 Å². The van der Waals surface area contributed by atoms with Crippen molar-refractivity contribution >= 4 is 29.9 Å². The maximum atomic E-state index is 9.82. The van der Waals surface area contributed by atoms with Gasteiger partial charge in [0.05, 0.1) is 12.6 Å². The third-order valence-electron chi connectivity index (χ3n) is 3.78.